The van der Waals surface area contributed by atoms with Crippen LogP contribution in [-0.2, 0) is 15.8 Å². The van der Waals surface area contributed by atoms with E-state index in [9.17, 15) is 9.36 Å². The molecule has 1 heterocycles. The maximum atomic E-state index is 10.7. The first-order valence-electron chi connectivity index (χ1n) is 3.89. The Morgan fingerprint density at radius 2 is 2.27 bits per heavy atom. The van der Waals surface area contributed by atoms with Gasteiger partial charge in [0.2, 0.25) is 0 Å². The summed E-state index contributed by atoms with van der Waals surface area (Å²) in [6.07, 6.45) is -0.0914. The molecule has 1 atom stereocenters. The Morgan fingerprint density at radius 1 is 1.67 bits per heavy atom. The number of nitrogens with zero attached hydrogens (tertiary/aromatic N) is 1. The summed E-state index contributed by atoms with van der Waals surface area (Å²) in [5.41, 5.74) is 5.06. The van der Waals surface area contributed by atoms with Crippen molar-refractivity contribution in [1.82, 2.24) is 10.2 Å². The van der Waals surface area contributed by atoms with Crippen LogP contribution in [0, 0.1) is 0 Å². The highest BCUT2D eigenvalue weighted by Gasteiger charge is 2.21. The Balaban J connectivity index is 2.78. The number of hydrogen-bond donors (Lipinski definition) is 5. The van der Waals surface area contributed by atoms with Crippen molar-refractivity contribution in [2.45, 2.75) is 12.5 Å². The van der Waals surface area contributed by atoms with Crippen LogP contribution in [0.4, 0.5) is 0 Å². The molecule has 0 spiro atoms. The van der Waals surface area contributed by atoms with Crippen molar-refractivity contribution in [3.63, 3.8) is 0 Å². The molecule has 1 aromatic heterocycles. The van der Waals surface area contributed by atoms with Crippen molar-refractivity contribution in [3.05, 3.63) is 11.8 Å². The van der Waals surface area contributed by atoms with Gasteiger partial charge in [0.1, 0.15) is 11.5 Å². The number of nitrogens with two attached hydrogens (primary N) is 1. The molecule has 1 rings (SSSR count). The van der Waals surface area contributed by atoms with E-state index >= 15 is 0 Å². The van der Waals surface area contributed by atoms with Crippen LogP contribution in [0.1, 0.15) is 5.69 Å². The average Bonchev–Trinajstić information content (AvgIpc) is 2.51. The molecule has 0 aliphatic carbocycles. The van der Waals surface area contributed by atoms with Gasteiger partial charge in [-0.05, 0) is 6.07 Å². The van der Waals surface area contributed by atoms with Crippen LogP contribution >= 0.6 is 7.60 Å². The van der Waals surface area contributed by atoms with Gasteiger partial charge in [-0.25, -0.2) is 0 Å². The number of hydrogen-bond acceptors (Lipinski definition) is 4. The van der Waals surface area contributed by atoms with Gasteiger partial charge in [0.05, 0.1) is 5.69 Å². The number of aromatic nitrogens is 2. The fourth-order valence-electron chi connectivity index (χ4n) is 0.918. The molecule has 15 heavy (non-hydrogen) atoms. The Morgan fingerprint density at radius 3 is 2.67 bits per heavy atom. The summed E-state index contributed by atoms with van der Waals surface area (Å²) in [7, 11) is -4.37. The molecular formula is C6H10N3O5P. The summed E-state index contributed by atoms with van der Waals surface area (Å²) in [5, 5.41) is 14.2. The summed E-state index contributed by atoms with van der Waals surface area (Å²) in [5.74, 6) is -1.20. The average molecular weight is 235 g/mol. The fourth-order valence-corrected chi connectivity index (χ4v) is 1.42. The maximum absolute atomic E-state index is 10.7. The monoisotopic (exact) mass is 235 g/mol. The third-order valence-corrected chi connectivity index (χ3v) is 2.53. The molecule has 0 radical (unpaired) electrons. The van der Waals surface area contributed by atoms with Gasteiger partial charge < -0.3 is 20.6 Å². The third kappa shape index (κ3) is 3.14. The molecule has 0 aliphatic heterocycles. The van der Waals surface area contributed by atoms with Crippen LogP contribution in [0.5, 0.6) is 0 Å². The van der Waals surface area contributed by atoms with E-state index < -0.39 is 19.6 Å². The zero-order valence-electron chi connectivity index (χ0n) is 7.49. The molecule has 84 valence electrons. The lowest BCUT2D eigenvalue weighted by molar-refractivity contribution is -0.138. The molecule has 0 aromatic carbocycles. The number of carboxylic acids is 1. The van der Waals surface area contributed by atoms with Crippen LogP contribution in [0.2, 0.25) is 0 Å². The molecule has 0 fully saturated rings. The Hall–Kier alpha value is -1.21. The van der Waals surface area contributed by atoms with Crippen molar-refractivity contribution in [2.75, 3.05) is 0 Å². The predicted octanol–water partition coefficient (Wildman–Crippen LogP) is -1.83. The highest BCUT2D eigenvalue weighted by Crippen LogP contribution is 2.31. The molecular weight excluding hydrogens is 225 g/mol. The molecule has 0 unspecified atom stereocenters. The minimum absolute atomic E-state index is 0.0914. The first kappa shape index (κ1) is 11.9. The fraction of sp³-hybridized carbons (Fsp3) is 0.333. The second kappa shape index (κ2) is 4.11. The van der Waals surface area contributed by atoms with E-state index in [1.807, 2.05) is 0 Å². The number of nitrogens with one attached hydrogen (secondary N) is 1. The second-order valence-corrected chi connectivity index (χ2v) is 4.51. The first-order chi connectivity index (χ1) is 6.80. The van der Waals surface area contributed by atoms with Gasteiger partial charge in [-0.3, -0.25) is 14.5 Å². The quantitative estimate of drug-likeness (QED) is 0.385. The molecule has 0 saturated heterocycles. The van der Waals surface area contributed by atoms with Gasteiger partial charge in [-0.1, -0.05) is 0 Å². The van der Waals surface area contributed by atoms with Crippen molar-refractivity contribution in [3.8, 4) is 0 Å². The highest BCUT2D eigenvalue weighted by molar-refractivity contribution is 7.60. The number of carbonyl (C=O) groups is 1. The maximum Gasteiger partial charge on any atom is 0.373 e. The Labute approximate surface area is 84.3 Å². The van der Waals surface area contributed by atoms with Gasteiger partial charge in [0.15, 0.2) is 0 Å². The number of carboxylic acid groups (broad SMARTS) is 1. The number of aromatic amines is 1. The molecule has 0 aliphatic rings. The van der Waals surface area contributed by atoms with E-state index in [1.54, 1.807) is 0 Å². The van der Waals surface area contributed by atoms with Gasteiger partial charge in [0, 0.05) is 6.42 Å². The summed E-state index contributed by atoms with van der Waals surface area (Å²) >= 11 is 0. The van der Waals surface area contributed by atoms with E-state index in [2.05, 4.69) is 10.2 Å². The second-order valence-electron chi connectivity index (χ2n) is 2.94. The Bertz CT molecular complexity index is 411. The third-order valence-electron chi connectivity index (χ3n) is 1.68. The minimum Gasteiger partial charge on any atom is -0.480 e. The number of rotatable bonds is 4. The Kier molecular flexibility index (Phi) is 3.25. The van der Waals surface area contributed by atoms with Crippen molar-refractivity contribution >= 4 is 19.0 Å². The summed E-state index contributed by atoms with van der Waals surface area (Å²) in [6.45, 7) is 0. The zero-order chi connectivity index (χ0) is 11.6. The van der Waals surface area contributed by atoms with Gasteiger partial charge in [-0.15, -0.1) is 0 Å². The smallest absolute Gasteiger partial charge is 0.373 e. The van der Waals surface area contributed by atoms with E-state index in [0.717, 1.165) is 6.07 Å². The SMILES string of the molecule is N[C@@H](Cc1cc(P(=O)(O)O)[nH]n1)C(=O)O. The van der Waals surface area contributed by atoms with Crippen LogP contribution < -0.4 is 11.2 Å². The first-order valence-corrected chi connectivity index (χ1v) is 5.50. The van der Waals surface area contributed by atoms with Crippen LogP contribution in [0.15, 0.2) is 6.07 Å². The van der Waals surface area contributed by atoms with Crippen molar-refractivity contribution in [2.24, 2.45) is 5.73 Å². The summed E-state index contributed by atoms with van der Waals surface area (Å²) in [6, 6.07) is -0.0400. The minimum atomic E-state index is -4.37. The zero-order valence-corrected chi connectivity index (χ0v) is 8.39. The molecule has 0 saturated carbocycles. The van der Waals surface area contributed by atoms with E-state index in [1.165, 1.54) is 0 Å². The predicted molar refractivity (Wildman–Crippen MR) is 49.6 cm³/mol. The molecule has 9 heteroatoms. The number of aliphatic carboxylic acids is 1. The van der Waals surface area contributed by atoms with Crippen LogP contribution in [0.3, 0.4) is 0 Å². The van der Waals surface area contributed by atoms with Gasteiger partial charge in [-0.2, -0.15) is 5.10 Å². The van der Waals surface area contributed by atoms with Gasteiger partial charge in [0.25, 0.3) is 0 Å². The van der Waals surface area contributed by atoms with Crippen molar-refractivity contribution in [1.29, 1.82) is 0 Å². The molecule has 6 N–H and O–H groups in total. The van der Waals surface area contributed by atoms with E-state index in [4.69, 9.17) is 20.6 Å². The lowest BCUT2D eigenvalue weighted by Crippen LogP contribution is -2.32. The van der Waals surface area contributed by atoms with E-state index in [-0.39, 0.29) is 17.5 Å². The van der Waals surface area contributed by atoms with Crippen molar-refractivity contribution < 1.29 is 24.3 Å². The highest BCUT2D eigenvalue weighted by atomic mass is 31.2. The van der Waals surface area contributed by atoms with Crippen LogP contribution in [0.25, 0.3) is 0 Å². The molecule has 8 nitrogen and oxygen atoms in total. The molecule has 0 bridgehead atoms. The normalized spacial score (nSPS) is 13.8. The standard InChI is InChI=1S/C6H10N3O5P/c7-4(6(10)11)1-3-2-5(9-8-3)15(12,13)14/h2,4H,1,7H2,(H,8,9)(H,10,11)(H2,12,13,14)/t4-/m0/s1. The lowest BCUT2D eigenvalue weighted by atomic mass is 10.2. The topological polar surface area (TPSA) is 150 Å². The van der Waals surface area contributed by atoms with E-state index in [0.29, 0.717) is 0 Å². The summed E-state index contributed by atoms with van der Waals surface area (Å²) in [4.78, 5) is 27.9. The molecule has 1 aromatic rings. The summed E-state index contributed by atoms with van der Waals surface area (Å²) < 4.78 is 10.7. The van der Waals surface area contributed by atoms with Gasteiger partial charge >= 0.3 is 13.6 Å². The largest absolute Gasteiger partial charge is 0.480 e. The lowest BCUT2D eigenvalue weighted by Gasteiger charge is -2.01. The number of H-pyrrole nitrogens is 1. The van der Waals surface area contributed by atoms with Crippen LogP contribution in [-0.4, -0.2) is 37.1 Å². The molecule has 0 amide bonds.